The number of aliphatic hydroxyl groups is 1. The summed E-state index contributed by atoms with van der Waals surface area (Å²) in [6.07, 6.45) is 0.219. The highest BCUT2D eigenvalue weighted by atomic mass is 19.1. The highest BCUT2D eigenvalue weighted by Gasteiger charge is 2.32. The van der Waals surface area contributed by atoms with Crippen molar-refractivity contribution in [3.05, 3.63) is 71.8 Å². The van der Waals surface area contributed by atoms with Crippen molar-refractivity contribution in [3.8, 4) is 0 Å². The van der Waals surface area contributed by atoms with Gasteiger partial charge in [-0.2, -0.15) is 0 Å². The molecule has 0 heterocycles. The van der Waals surface area contributed by atoms with Crippen LogP contribution in [0.25, 0.3) is 0 Å². The number of ether oxygens (including phenoxy) is 2. The Hall–Kier alpha value is -1.79. The molecular formula is C25H36FNO3. The van der Waals surface area contributed by atoms with Crippen molar-refractivity contribution in [2.24, 2.45) is 0 Å². The Morgan fingerprint density at radius 3 is 1.93 bits per heavy atom. The lowest BCUT2D eigenvalue weighted by molar-refractivity contribution is -0.0846. The largest absolute Gasteiger partial charge is 0.396 e. The molecule has 0 radical (unpaired) electrons. The van der Waals surface area contributed by atoms with Gasteiger partial charge >= 0.3 is 0 Å². The maximum atomic E-state index is 15.3. The molecule has 4 nitrogen and oxygen atoms in total. The molecule has 0 spiro atoms. The van der Waals surface area contributed by atoms with E-state index in [9.17, 15) is 0 Å². The Balaban J connectivity index is 1.88. The van der Waals surface area contributed by atoms with Gasteiger partial charge in [-0.1, -0.05) is 60.7 Å². The van der Waals surface area contributed by atoms with Crippen LogP contribution in [0.2, 0.25) is 0 Å². The van der Waals surface area contributed by atoms with Gasteiger partial charge in [0.25, 0.3) is 0 Å². The number of hydrogen-bond donors (Lipinski definition) is 1. The molecule has 0 aliphatic heterocycles. The zero-order valence-electron chi connectivity index (χ0n) is 18.3. The van der Waals surface area contributed by atoms with Crippen LogP contribution in [-0.2, 0) is 22.6 Å². The van der Waals surface area contributed by atoms with Crippen LogP contribution in [0.5, 0.6) is 0 Å². The Labute approximate surface area is 180 Å². The third-order valence-corrected chi connectivity index (χ3v) is 5.02. The van der Waals surface area contributed by atoms with Crippen molar-refractivity contribution >= 4 is 0 Å². The van der Waals surface area contributed by atoms with E-state index < -0.39 is 11.8 Å². The second-order valence-corrected chi connectivity index (χ2v) is 8.10. The van der Waals surface area contributed by atoms with Crippen LogP contribution in [0.15, 0.2) is 60.7 Å². The fourth-order valence-corrected chi connectivity index (χ4v) is 3.17. The quantitative estimate of drug-likeness (QED) is 0.430. The van der Waals surface area contributed by atoms with Gasteiger partial charge in [0.1, 0.15) is 6.17 Å². The first-order valence-corrected chi connectivity index (χ1v) is 10.8. The molecule has 0 saturated heterocycles. The molecule has 0 bridgehead atoms. The molecule has 2 aromatic rings. The van der Waals surface area contributed by atoms with Crippen LogP contribution in [-0.4, -0.2) is 54.8 Å². The first-order valence-electron chi connectivity index (χ1n) is 10.8. The van der Waals surface area contributed by atoms with Crippen LogP contribution < -0.4 is 0 Å². The summed E-state index contributed by atoms with van der Waals surface area (Å²) in [5.74, 6) is 0. The van der Waals surface area contributed by atoms with Gasteiger partial charge in [-0.3, -0.25) is 4.90 Å². The number of halogens is 1. The molecule has 166 valence electrons. The predicted molar refractivity (Wildman–Crippen MR) is 119 cm³/mol. The Morgan fingerprint density at radius 2 is 1.40 bits per heavy atom. The minimum absolute atomic E-state index is 0.134. The molecule has 5 heteroatoms. The monoisotopic (exact) mass is 417 g/mol. The summed E-state index contributed by atoms with van der Waals surface area (Å²) in [6, 6.07) is 20.3. The van der Waals surface area contributed by atoms with E-state index in [1.165, 1.54) is 11.1 Å². The minimum atomic E-state index is -1.12. The molecular weight excluding hydrogens is 381 g/mol. The standard InChI is InChI=1S/C25H36FNO3/c1-25(2,30-18-10-17-29-16-9-15-28)24(26)21-27(19-22-11-5-3-6-12-22)20-23-13-7-4-8-14-23/h3-8,11-14,24,28H,9-10,15-21H2,1-2H3. The van der Waals surface area contributed by atoms with E-state index in [0.29, 0.717) is 52.3 Å². The lowest BCUT2D eigenvalue weighted by atomic mass is 10.0. The van der Waals surface area contributed by atoms with Crippen LogP contribution in [0.3, 0.4) is 0 Å². The molecule has 1 N–H and O–H groups in total. The van der Waals surface area contributed by atoms with Crippen LogP contribution in [0, 0.1) is 0 Å². The van der Waals surface area contributed by atoms with Crippen molar-refractivity contribution in [1.82, 2.24) is 4.90 Å². The molecule has 0 aliphatic rings. The predicted octanol–water partition coefficient (Wildman–Crippen LogP) is 4.61. The van der Waals surface area contributed by atoms with Gasteiger partial charge in [-0.05, 0) is 37.8 Å². The first kappa shape index (κ1) is 24.5. The number of aliphatic hydroxyl groups excluding tert-OH is 1. The maximum Gasteiger partial charge on any atom is 0.141 e. The van der Waals surface area contributed by atoms with E-state index in [0.717, 1.165) is 0 Å². The van der Waals surface area contributed by atoms with Gasteiger partial charge in [-0.25, -0.2) is 4.39 Å². The summed E-state index contributed by atoms with van der Waals surface area (Å²) < 4.78 is 26.6. The molecule has 0 aromatic heterocycles. The molecule has 0 fully saturated rings. The number of nitrogens with zero attached hydrogens (tertiary/aromatic N) is 1. The number of alkyl halides is 1. The minimum Gasteiger partial charge on any atom is -0.396 e. The van der Waals surface area contributed by atoms with Crippen molar-refractivity contribution in [2.45, 2.75) is 51.6 Å². The van der Waals surface area contributed by atoms with Crippen molar-refractivity contribution < 1.29 is 19.0 Å². The van der Waals surface area contributed by atoms with Gasteiger partial charge in [0.15, 0.2) is 0 Å². The van der Waals surface area contributed by atoms with E-state index in [2.05, 4.69) is 29.2 Å². The van der Waals surface area contributed by atoms with E-state index in [-0.39, 0.29) is 6.61 Å². The normalized spacial score (nSPS) is 13.0. The summed E-state index contributed by atoms with van der Waals surface area (Å²) in [7, 11) is 0. The first-order chi connectivity index (χ1) is 14.5. The number of benzene rings is 2. The molecule has 0 amide bonds. The molecule has 2 rings (SSSR count). The Bertz CT molecular complexity index is 640. The average molecular weight is 418 g/mol. The van der Waals surface area contributed by atoms with Gasteiger partial charge in [0.2, 0.25) is 0 Å². The molecule has 1 unspecified atom stereocenters. The van der Waals surface area contributed by atoms with Gasteiger partial charge in [0, 0.05) is 46.1 Å². The van der Waals surface area contributed by atoms with E-state index in [1.807, 2.05) is 50.2 Å². The fourth-order valence-electron chi connectivity index (χ4n) is 3.17. The van der Waals surface area contributed by atoms with Crippen molar-refractivity contribution in [1.29, 1.82) is 0 Å². The zero-order chi connectivity index (χ0) is 21.7. The summed E-state index contributed by atoms with van der Waals surface area (Å²) in [4.78, 5) is 2.14. The second-order valence-electron chi connectivity index (χ2n) is 8.10. The van der Waals surface area contributed by atoms with Crippen molar-refractivity contribution in [2.75, 3.05) is 33.0 Å². The summed E-state index contributed by atoms with van der Waals surface area (Å²) in [5, 5.41) is 8.74. The van der Waals surface area contributed by atoms with Gasteiger partial charge in [0.05, 0.1) is 5.60 Å². The second kappa shape index (κ2) is 13.5. The molecule has 30 heavy (non-hydrogen) atoms. The number of hydrogen-bond acceptors (Lipinski definition) is 4. The molecule has 0 saturated carbocycles. The highest BCUT2D eigenvalue weighted by molar-refractivity contribution is 5.17. The average Bonchev–Trinajstić information content (AvgIpc) is 2.74. The van der Waals surface area contributed by atoms with Gasteiger partial charge in [-0.15, -0.1) is 0 Å². The fraction of sp³-hybridized carbons (Fsp3) is 0.520. The third-order valence-electron chi connectivity index (χ3n) is 5.02. The van der Waals surface area contributed by atoms with Crippen molar-refractivity contribution in [3.63, 3.8) is 0 Å². The lowest BCUT2D eigenvalue weighted by Gasteiger charge is -2.33. The van der Waals surface area contributed by atoms with Crippen LogP contribution >= 0.6 is 0 Å². The van der Waals surface area contributed by atoms with E-state index in [4.69, 9.17) is 14.6 Å². The van der Waals surface area contributed by atoms with Crippen LogP contribution in [0.4, 0.5) is 4.39 Å². The highest BCUT2D eigenvalue weighted by Crippen LogP contribution is 2.22. The maximum absolute atomic E-state index is 15.3. The summed E-state index contributed by atoms with van der Waals surface area (Å²) in [6.45, 7) is 6.97. The van der Waals surface area contributed by atoms with E-state index in [1.54, 1.807) is 0 Å². The van der Waals surface area contributed by atoms with Crippen LogP contribution in [0.1, 0.15) is 37.8 Å². The third kappa shape index (κ3) is 9.35. The number of rotatable bonds is 15. The molecule has 1 atom stereocenters. The molecule has 0 aliphatic carbocycles. The summed E-state index contributed by atoms with van der Waals surface area (Å²) >= 11 is 0. The Morgan fingerprint density at radius 1 is 0.867 bits per heavy atom. The Kier molecular flexibility index (Phi) is 11.0. The smallest absolute Gasteiger partial charge is 0.141 e. The zero-order valence-corrected chi connectivity index (χ0v) is 18.3. The van der Waals surface area contributed by atoms with E-state index >= 15 is 4.39 Å². The summed E-state index contributed by atoms with van der Waals surface area (Å²) in [5.41, 5.74) is 1.45. The van der Waals surface area contributed by atoms with Gasteiger partial charge < -0.3 is 14.6 Å². The topological polar surface area (TPSA) is 41.9 Å². The SMILES string of the molecule is CC(C)(OCCCOCCCO)C(F)CN(Cc1ccccc1)Cc1ccccc1. The lowest BCUT2D eigenvalue weighted by Crippen LogP contribution is -2.44. The molecule has 2 aromatic carbocycles.